The van der Waals surface area contributed by atoms with E-state index >= 15 is 0 Å². The molecule has 1 N–H and O–H groups in total. The van der Waals surface area contributed by atoms with Gasteiger partial charge >= 0.3 is 5.97 Å². The largest absolute Gasteiger partial charge is 0.496 e. The van der Waals surface area contributed by atoms with E-state index < -0.39 is 5.97 Å². The quantitative estimate of drug-likeness (QED) is 0.723. The molecule has 2 aromatic carbocycles. The molecule has 0 saturated heterocycles. The van der Waals surface area contributed by atoms with Gasteiger partial charge in [0.15, 0.2) is 0 Å². The lowest BCUT2D eigenvalue weighted by Gasteiger charge is -2.28. The van der Waals surface area contributed by atoms with Crippen LogP contribution in [0.1, 0.15) is 53.6 Å². The first kappa shape index (κ1) is 20.2. The molecule has 154 valence electrons. The zero-order valence-electron chi connectivity index (χ0n) is 16.6. The van der Waals surface area contributed by atoms with Crippen molar-refractivity contribution in [2.24, 2.45) is 11.0 Å². The average molecular weight is 424 g/mol. The highest BCUT2D eigenvalue weighted by Gasteiger charge is 2.36. The molecule has 7 heteroatoms. The molecule has 6 nitrogen and oxygen atoms in total. The highest BCUT2D eigenvalue weighted by Crippen LogP contribution is 2.39. The molecule has 0 aromatic heterocycles. The van der Waals surface area contributed by atoms with Crippen LogP contribution in [-0.4, -0.2) is 29.9 Å². The molecule has 1 fully saturated rings. The van der Waals surface area contributed by atoms with Crippen molar-refractivity contribution in [2.45, 2.75) is 38.1 Å². The zero-order chi connectivity index (χ0) is 21.3. The number of anilines is 1. The number of halogens is 1. The van der Waals surface area contributed by atoms with Crippen molar-refractivity contribution in [1.82, 2.24) is 0 Å². The summed E-state index contributed by atoms with van der Waals surface area (Å²) in [6.45, 7) is 0. The highest BCUT2D eigenvalue weighted by atomic mass is 35.5. The van der Waals surface area contributed by atoms with Crippen LogP contribution >= 0.6 is 11.6 Å². The molecule has 30 heavy (non-hydrogen) atoms. The summed E-state index contributed by atoms with van der Waals surface area (Å²) < 4.78 is 5.29. The number of ether oxygens (including phenoxy) is 1. The van der Waals surface area contributed by atoms with E-state index in [0.717, 1.165) is 36.2 Å². The van der Waals surface area contributed by atoms with Crippen molar-refractivity contribution >= 4 is 29.0 Å². The molecule has 1 heterocycles. The number of benzene rings is 2. The second kappa shape index (κ2) is 8.37. The number of rotatable bonds is 5. The van der Waals surface area contributed by atoms with Crippen molar-refractivity contribution in [2.75, 3.05) is 12.1 Å². The van der Waals surface area contributed by atoms with Crippen LogP contribution in [0.4, 0.5) is 5.69 Å². The van der Waals surface area contributed by atoms with Gasteiger partial charge in [0, 0.05) is 12.0 Å². The van der Waals surface area contributed by atoms with Gasteiger partial charge in [-0.05, 0) is 49.1 Å². The van der Waals surface area contributed by atoms with Crippen molar-refractivity contribution in [3.8, 4) is 11.8 Å². The number of carboxylic acids is 1. The number of methoxy groups -OCH3 is 1. The molecule has 0 unspecified atom stereocenters. The number of hydrogen-bond donors (Lipinski definition) is 1. The molecule has 4 rings (SSSR count). The summed E-state index contributed by atoms with van der Waals surface area (Å²) in [4.78, 5) is 11.4. The molecular formula is C23H22ClN3O3. The first-order chi connectivity index (χ1) is 14.5. The van der Waals surface area contributed by atoms with Crippen LogP contribution < -0.4 is 9.75 Å². The van der Waals surface area contributed by atoms with Crippen molar-refractivity contribution in [3.63, 3.8) is 0 Å². The number of hydrogen-bond acceptors (Lipinski definition) is 5. The minimum absolute atomic E-state index is 0.128. The van der Waals surface area contributed by atoms with E-state index in [9.17, 15) is 15.2 Å². The highest BCUT2D eigenvalue weighted by molar-refractivity contribution is 6.32. The van der Waals surface area contributed by atoms with E-state index in [1.54, 1.807) is 30.3 Å². The van der Waals surface area contributed by atoms with Crippen LogP contribution in [0.3, 0.4) is 0 Å². The third-order valence-corrected chi connectivity index (χ3v) is 6.30. The topological polar surface area (TPSA) is 85.9 Å². The van der Waals surface area contributed by atoms with E-state index in [4.69, 9.17) is 21.4 Å². The lowest BCUT2D eigenvalue weighted by Crippen LogP contribution is -2.32. The lowest BCUT2D eigenvalue weighted by atomic mass is 9.91. The fraction of sp³-hybridized carbons (Fsp3) is 0.348. The molecule has 0 amide bonds. The minimum Gasteiger partial charge on any atom is -0.496 e. The Morgan fingerprint density at radius 3 is 2.67 bits per heavy atom. The van der Waals surface area contributed by atoms with Gasteiger partial charge in [-0.1, -0.05) is 30.5 Å². The summed E-state index contributed by atoms with van der Waals surface area (Å²) in [5.41, 5.74) is 3.17. The summed E-state index contributed by atoms with van der Waals surface area (Å²) in [5.74, 6) is -0.176. The van der Waals surface area contributed by atoms with E-state index in [-0.39, 0.29) is 11.6 Å². The van der Waals surface area contributed by atoms with Gasteiger partial charge in [-0.15, -0.1) is 0 Å². The lowest BCUT2D eigenvalue weighted by molar-refractivity contribution is 0.0693. The fourth-order valence-corrected chi connectivity index (χ4v) is 4.66. The fourth-order valence-electron chi connectivity index (χ4n) is 4.45. The number of carboxylic acid groups (broad SMARTS) is 1. The van der Waals surface area contributed by atoms with Gasteiger partial charge in [-0.25, -0.2) is 4.79 Å². The Morgan fingerprint density at radius 1 is 1.27 bits per heavy atom. The second-order valence-electron chi connectivity index (χ2n) is 7.70. The summed E-state index contributed by atoms with van der Waals surface area (Å²) in [6.07, 6.45) is 5.53. The van der Waals surface area contributed by atoms with Crippen LogP contribution in [-0.2, 0) is 0 Å². The smallest absolute Gasteiger partial charge is 0.339 e. The van der Waals surface area contributed by atoms with Gasteiger partial charge in [0.05, 0.1) is 35.1 Å². The maximum Gasteiger partial charge on any atom is 0.339 e. The van der Waals surface area contributed by atoms with E-state index in [1.807, 2.05) is 11.1 Å². The van der Waals surface area contributed by atoms with Gasteiger partial charge in [-0.3, -0.25) is 5.01 Å². The third-order valence-electron chi connectivity index (χ3n) is 5.99. The van der Waals surface area contributed by atoms with Crippen LogP contribution in [0, 0.1) is 17.2 Å². The Kier molecular flexibility index (Phi) is 5.65. The average Bonchev–Trinajstić information content (AvgIpc) is 3.43. The Morgan fingerprint density at radius 2 is 2.03 bits per heavy atom. The van der Waals surface area contributed by atoms with Crippen molar-refractivity contribution < 1.29 is 14.6 Å². The van der Waals surface area contributed by atoms with Gasteiger partial charge in [0.25, 0.3) is 0 Å². The van der Waals surface area contributed by atoms with Crippen LogP contribution in [0.15, 0.2) is 41.5 Å². The molecule has 1 atom stereocenters. The zero-order valence-corrected chi connectivity index (χ0v) is 17.4. The Bertz CT molecular complexity index is 1050. The van der Waals surface area contributed by atoms with Crippen molar-refractivity contribution in [1.29, 1.82) is 5.26 Å². The monoisotopic (exact) mass is 423 g/mol. The number of nitrogens with zero attached hydrogens (tertiary/aromatic N) is 3. The van der Waals surface area contributed by atoms with Crippen LogP contribution in [0.25, 0.3) is 0 Å². The summed E-state index contributed by atoms with van der Waals surface area (Å²) in [6, 6.07) is 12.8. The summed E-state index contributed by atoms with van der Waals surface area (Å²) in [7, 11) is 1.47. The predicted molar refractivity (Wildman–Crippen MR) is 115 cm³/mol. The summed E-state index contributed by atoms with van der Waals surface area (Å²) >= 11 is 6.29. The van der Waals surface area contributed by atoms with Gasteiger partial charge in [-0.2, -0.15) is 10.4 Å². The first-order valence-corrected chi connectivity index (χ1v) is 10.4. The minimum atomic E-state index is -1.02. The Labute approximate surface area is 180 Å². The van der Waals surface area contributed by atoms with E-state index in [0.29, 0.717) is 22.3 Å². The molecule has 1 aliphatic heterocycles. The molecule has 2 aliphatic rings. The van der Waals surface area contributed by atoms with E-state index in [1.165, 1.54) is 20.0 Å². The number of carbonyl (C=O) groups is 1. The van der Waals surface area contributed by atoms with Gasteiger partial charge < -0.3 is 9.84 Å². The van der Waals surface area contributed by atoms with Crippen LogP contribution in [0.5, 0.6) is 5.75 Å². The Hall–Kier alpha value is -3.04. The number of nitriles is 1. The summed E-state index contributed by atoms with van der Waals surface area (Å²) in [5, 5.41) is 25.9. The molecule has 0 spiro atoms. The number of aromatic carboxylic acids is 1. The maximum atomic E-state index is 11.4. The van der Waals surface area contributed by atoms with Gasteiger partial charge in [0.1, 0.15) is 17.4 Å². The molecule has 2 aromatic rings. The normalized spacial score (nSPS) is 18.9. The molecule has 1 saturated carbocycles. The molecule has 0 radical (unpaired) electrons. The Balaban J connectivity index is 1.72. The SMILES string of the molecule is COc1cc(C2=NN(c3ccc(C#N)c(Cl)c3)[C@@H](C3CCCC3)C2)ccc1C(=O)O. The predicted octanol–water partition coefficient (Wildman–Crippen LogP) is 5.09. The molecule has 0 bridgehead atoms. The second-order valence-corrected chi connectivity index (χ2v) is 8.11. The first-order valence-electron chi connectivity index (χ1n) is 10.00. The van der Waals surface area contributed by atoms with Gasteiger partial charge in [0.2, 0.25) is 0 Å². The molecule has 1 aliphatic carbocycles. The third kappa shape index (κ3) is 3.73. The maximum absolute atomic E-state index is 11.4. The van der Waals surface area contributed by atoms with Crippen molar-refractivity contribution in [3.05, 3.63) is 58.1 Å². The van der Waals surface area contributed by atoms with E-state index in [2.05, 4.69) is 6.07 Å². The number of hydrazone groups is 1. The standard InChI is InChI=1S/C23H22ClN3O3/c1-30-22-10-15(7-9-18(22)23(28)29)20-12-21(14-4-2-3-5-14)27(26-20)17-8-6-16(13-25)19(24)11-17/h6-11,14,21H,2-5,12H2,1H3,(H,28,29)/t21-/m1/s1. The van der Waals surface area contributed by atoms with Crippen LogP contribution in [0.2, 0.25) is 5.02 Å². The molecular weight excluding hydrogens is 402 g/mol.